The summed E-state index contributed by atoms with van der Waals surface area (Å²) in [5.74, 6) is -0.875. The van der Waals surface area contributed by atoms with E-state index in [1.54, 1.807) is 12.1 Å². The number of carboxylic acids is 1. The summed E-state index contributed by atoms with van der Waals surface area (Å²) in [4.78, 5) is 10.6. The number of hydrogen-bond donors (Lipinski definition) is 1. The predicted octanol–water partition coefficient (Wildman–Crippen LogP) is -0.201. The molecular weight excluding hydrogens is 187 g/mol. The maximum atomic E-state index is 10.6. The fourth-order valence-electron chi connectivity index (χ4n) is 1.11. The molecule has 0 unspecified atom stereocenters. The standard InChI is InChI=1S/C11H14O2.Na.H/c1-11(2,3)9-6-4-8(5-7-9)10(12)13;;/h4-7H,1-3H3,(H,12,13);;/q;+1;-1. The van der Waals surface area contributed by atoms with Gasteiger partial charge in [-0.2, -0.15) is 0 Å². The molecule has 0 radical (unpaired) electrons. The third-order valence-electron chi connectivity index (χ3n) is 2.00. The molecule has 0 spiro atoms. The molecule has 3 heteroatoms. The molecule has 0 aromatic heterocycles. The van der Waals surface area contributed by atoms with Gasteiger partial charge < -0.3 is 6.53 Å². The molecule has 1 N–H and O–H groups in total. The van der Waals surface area contributed by atoms with Crippen LogP contribution in [0.15, 0.2) is 24.3 Å². The van der Waals surface area contributed by atoms with Crippen molar-refractivity contribution in [3.63, 3.8) is 0 Å². The third kappa shape index (κ3) is 3.45. The van der Waals surface area contributed by atoms with Crippen molar-refractivity contribution in [2.24, 2.45) is 0 Å². The number of aromatic carboxylic acids is 1. The van der Waals surface area contributed by atoms with Crippen molar-refractivity contribution in [3.05, 3.63) is 35.4 Å². The van der Waals surface area contributed by atoms with Gasteiger partial charge in [-0.15, -0.1) is 0 Å². The van der Waals surface area contributed by atoms with E-state index in [0.717, 1.165) is 5.56 Å². The first-order valence-electron chi connectivity index (χ1n) is 4.25. The number of benzene rings is 1. The van der Waals surface area contributed by atoms with Crippen molar-refractivity contribution >= 4 is 5.97 Å². The quantitative estimate of drug-likeness (QED) is 0.640. The summed E-state index contributed by atoms with van der Waals surface area (Å²) in [5, 5.41) is 8.68. The van der Waals surface area contributed by atoms with Crippen molar-refractivity contribution in [1.82, 2.24) is 0 Å². The van der Waals surface area contributed by atoms with E-state index in [1.807, 2.05) is 12.1 Å². The smallest absolute Gasteiger partial charge is 1.00 e. The van der Waals surface area contributed by atoms with Crippen molar-refractivity contribution < 1.29 is 40.9 Å². The molecule has 14 heavy (non-hydrogen) atoms. The molecule has 0 atom stereocenters. The minimum Gasteiger partial charge on any atom is -1.00 e. The second-order valence-electron chi connectivity index (χ2n) is 4.13. The van der Waals surface area contributed by atoms with Gasteiger partial charge in [0.1, 0.15) is 0 Å². The van der Waals surface area contributed by atoms with Crippen LogP contribution in [0, 0.1) is 0 Å². The maximum absolute atomic E-state index is 10.6. The van der Waals surface area contributed by atoms with Crippen LogP contribution >= 0.6 is 0 Å². The molecule has 0 aliphatic rings. The second kappa shape index (κ2) is 4.96. The van der Waals surface area contributed by atoms with Crippen molar-refractivity contribution in [1.29, 1.82) is 0 Å². The Bertz CT molecular complexity index is 314. The Morgan fingerprint density at radius 2 is 1.64 bits per heavy atom. The zero-order chi connectivity index (χ0) is 10.1. The summed E-state index contributed by atoms with van der Waals surface area (Å²) >= 11 is 0. The fraction of sp³-hybridized carbons (Fsp3) is 0.364. The van der Waals surface area contributed by atoms with Gasteiger partial charge in [0.15, 0.2) is 0 Å². The first kappa shape index (κ1) is 13.7. The van der Waals surface area contributed by atoms with E-state index in [2.05, 4.69) is 20.8 Å². The molecule has 0 bridgehead atoms. The van der Waals surface area contributed by atoms with Crippen LogP contribution in [0.1, 0.15) is 38.1 Å². The van der Waals surface area contributed by atoms with Gasteiger partial charge in [-0.25, -0.2) is 4.79 Å². The van der Waals surface area contributed by atoms with Crippen LogP contribution in [0.3, 0.4) is 0 Å². The summed E-state index contributed by atoms with van der Waals surface area (Å²) in [7, 11) is 0. The Morgan fingerprint density at radius 3 is 1.93 bits per heavy atom. The van der Waals surface area contributed by atoms with E-state index in [4.69, 9.17) is 5.11 Å². The number of carboxylic acid groups (broad SMARTS) is 1. The molecule has 1 aromatic carbocycles. The van der Waals surface area contributed by atoms with Gasteiger partial charge in [0.05, 0.1) is 5.56 Å². The van der Waals surface area contributed by atoms with E-state index in [0.29, 0.717) is 5.56 Å². The third-order valence-corrected chi connectivity index (χ3v) is 2.00. The number of rotatable bonds is 1. The molecule has 0 amide bonds. The molecule has 0 heterocycles. The molecule has 0 saturated carbocycles. The molecular formula is C11H15NaO2. The van der Waals surface area contributed by atoms with Crippen LogP contribution in [0.25, 0.3) is 0 Å². The molecule has 1 aromatic rings. The monoisotopic (exact) mass is 202 g/mol. The minimum atomic E-state index is -0.875. The minimum absolute atomic E-state index is 0. The summed E-state index contributed by atoms with van der Waals surface area (Å²) in [5.41, 5.74) is 1.57. The van der Waals surface area contributed by atoms with Gasteiger partial charge in [0.2, 0.25) is 0 Å². The van der Waals surface area contributed by atoms with E-state index >= 15 is 0 Å². The SMILES string of the molecule is CC(C)(C)c1ccc(C(=O)O)cc1.[H-].[Na+]. The average molecular weight is 202 g/mol. The van der Waals surface area contributed by atoms with Crippen LogP contribution in [-0.2, 0) is 5.41 Å². The van der Waals surface area contributed by atoms with Crippen molar-refractivity contribution in [2.75, 3.05) is 0 Å². The van der Waals surface area contributed by atoms with Gasteiger partial charge >= 0.3 is 35.5 Å². The fourth-order valence-corrected chi connectivity index (χ4v) is 1.11. The van der Waals surface area contributed by atoms with Gasteiger partial charge in [-0.1, -0.05) is 32.9 Å². The molecule has 1 rings (SSSR count). The summed E-state index contributed by atoms with van der Waals surface area (Å²) < 4.78 is 0. The first-order chi connectivity index (χ1) is 5.91. The summed E-state index contributed by atoms with van der Waals surface area (Å²) in [6.45, 7) is 6.30. The van der Waals surface area contributed by atoms with Crippen LogP contribution in [0.2, 0.25) is 0 Å². The Labute approximate surface area is 108 Å². The van der Waals surface area contributed by atoms with Crippen LogP contribution in [-0.4, -0.2) is 11.1 Å². The van der Waals surface area contributed by atoms with Crippen LogP contribution in [0.5, 0.6) is 0 Å². The van der Waals surface area contributed by atoms with Crippen LogP contribution < -0.4 is 29.6 Å². The summed E-state index contributed by atoms with van der Waals surface area (Å²) in [6.07, 6.45) is 0. The van der Waals surface area contributed by atoms with Crippen molar-refractivity contribution in [3.8, 4) is 0 Å². The normalized spacial score (nSPS) is 10.5. The summed E-state index contributed by atoms with van der Waals surface area (Å²) in [6, 6.07) is 7.01. The Morgan fingerprint density at radius 1 is 1.21 bits per heavy atom. The molecule has 0 saturated heterocycles. The molecule has 0 aliphatic heterocycles. The van der Waals surface area contributed by atoms with Gasteiger partial charge in [0.25, 0.3) is 0 Å². The van der Waals surface area contributed by atoms with Gasteiger partial charge in [0, 0.05) is 0 Å². The number of hydrogen-bond acceptors (Lipinski definition) is 1. The predicted molar refractivity (Wildman–Crippen MR) is 53.2 cm³/mol. The Kier molecular flexibility index (Phi) is 4.85. The van der Waals surface area contributed by atoms with E-state index in [-0.39, 0.29) is 36.4 Å². The van der Waals surface area contributed by atoms with E-state index < -0.39 is 5.97 Å². The maximum Gasteiger partial charge on any atom is 1.00 e. The van der Waals surface area contributed by atoms with Gasteiger partial charge in [-0.3, -0.25) is 0 Å². The van der Waals surface area contributed by atoms with Crippen molar-refractivity contribution in [2.45, 2.75) is 26.2 Å². The topological polar surface area (TPSA) is 37.3 Å². The largest absolute Gasteiger partial charge is 1.00 e. The molecule has 72 valence electrons. The zero-order valence-electron chi connectivity index (χ0n) is 10.2. The molecule has 0 aliphatic carbocycles. The zero-order valence-corrected chi connectivity index (χ0v) is 11.2. The average Bonchev–Trinajstić information content (AvgIpc) is 2.03. The second-order valence-corrected chi connectivity index (χ2v) is 4.13. The first-order valence-corrected chi connectivity index (χ1v) is 4.25. The Hall–Kier alpha value is -0.310. The van der Waals surface area contributed by atoms with Gasteiger partial charge in [-0.05, 0) is 23.1 Å². The number of carbonyl (C=O) groups is 1. The van der Waals surface area contributed by atoms with Crippen LogP contribution in [0.4, 0.5) is 0 Å². The Balaban J connectivity index is 0. The molecule has 0 fully saturated rings. The van der Waals surface area contributed by atoms with E-state index in [1.165, 1.54) is 0 Å². The molecule has 2 nitrogen and oxygen atoms in total. The van der Waals surface area contributed by atoms with E-state index in [9.17, 15) is 4.79 Å².